The van der Waals surface area contributed by atoms with Crippen LogP contribution in [-0.2, 0) is 0 Å². The fourth-order valence-corrected chi connectivity index (χ4v) is 0.738. The van der Waals surface area contributed by atoms with Gasteiger partial charge in [-0.15, -0.1) is 0 Å². The molecule has 1 aromatic heterocycles. The largest absolute Gasteiger partial charge is 0.281 e. The van der Waals surface area contributed by atoms with Crippen LogP contribution in [0.2, 0.25) is 0 Å². The Bertz CT molecular complexity index is 379. The molecule has 1 heterocycles. The van der Waals surface area contributed by atoms with E-state index in [-0.39, 0.29) is 0 Å². The highest BCUT2D eigenvalue weighted by Crippen LogP contribution is 2.23. The van der Waals surface area contributed by atoms with Gasteiger partial charge in [-0.25, -0.2) is 8.78 Å². The average Bonchev–Trinajstić information content (AvgIpc) is 2.06. The molecule has 54 valence electrons. The lowest BCUT2D eigenvalue weighted by Gasteiger charge is -1.98. The lowest BCUT2D eigenvalue weighted by Crippen LogP contribution is -1.89. The Morgan fingerprint density at radius 2 is 2.50 bits per heavy atom. The van der Waals surface area contributed by atoms with E-state index in [1.807, 2.05) is 0 Å². The summed E-state index contributed by atoms with van der Waals surface area (Å²) < 4.78 is 52.4. The molecule has 0 saturated heterocycles. The number of hydrogen-bond donors (Lipinski definition) is 0. The van der Waals surface area contributed by atoms with Crippen LogP contribution < -0.4 is 0 Å². The van der Waals surface area contributed by atoms with Crippen molar-refractivity contribution in [2.75, 3.05) is 0 Å². The summed E-state index contributed by atoms with van der Waals surface area (Å²) in [5, 5.41) is 0. The van der Waals surface area contributed by atoms with Crippen molar-refractivity contribution in [2.24, 2.45) is 0 Å². The molecule has 0 aromatic carbocycles. The van der Waals surface area contributed by atoms with Crippen molar-refractivity contribution in [1.29, 1.82) is 0 Å². The van der Waals surface area contributed by atoms with Crippen molar-refractivity contribution in [3.8, 4) is 0 Å². The fourth-order valence-electron chi connectivity index (χ4n) is 0.400. The molecule has 1 rings (SSSR count). The second-order valence-corrected chi connectivity index (χ2v) is 2.19. The van der Waals surface area contributed by atoms with E-state index >= 15 is 0 Å². The van der Waals surface area contributed by atoms with Crippen molar-refractivity contribution in [2.45, 2.75) is 6.40 Å². The molecular weight excluding hydrogens is 204 g/mol. The molecule has 0 aliphatic rings. The topological polar surface area (TPSA) is 12.9 Å². The standard InChI is InChI=1S/C6H4BrF2N/c7-4-2-1-3-10-5(4)6(8)9/h1-3,6H/i1D,2D,3D,6D. The van der Waals surface area contributed by atoms with E-state index in [2.05, 4.69) is 20.9 Å². The summed E-state index contributed by atoms with van der Waals surface area (Å²) in [6.07, 6.45) is -4.71. The van der Waals surface area contributed by atoms with Crippen molar-refractivity contribution >= 4 is 15.9 Å². The van der Waals surface area contributed by atoms with Gasteiger partial charge in [0.15, 0.2) is 0 Å². The maximum atomic E-state index is 12.6. The van der Waals surface area contributed by atoms with Gasteiger partial charge in [0.1, 0.15) is 7.06 Å². The minimum absolute atomic E-state index is 0.418. The van der Waals surface area contributed by atoms with Crippen LogP contribution in [0.4, 0.5) is 8.78 Å². The first-order chi connectivity index (χ1) is 6.25. The van der Waals surface area contributed by atoms with Gasteiger partial charge >= 0.3 is 0 Å². The molecule has 0 fully saturated rings. The van der Waals surface area contributed by atoms with Crippen LogP contribution in [0.5, 0.6) is 0 Å². The number of nitrogens with zero attached hydrogens (tertiary/aromatic N) is 1. The van der Waals surface area contributed by atoms with Gasteiger partial charge in [0.25, 0.3) is 6.40 Å². The number of halogens is 3. The SMILES string of the molecule is [2H]c1nc(C([2H])(F)F)c(Br)c([2H])c1[2H]. The highest BCUT2D eigenvalue weighted by Gasteiger charge is 2.10. The number of rotatable bonds is 1. The molecule has 10 heavy (non-hydrogen) atoms. The average molecular weight is 212 g/mol. The Morgan fingerprint density at radius 3 is 3.10 bits per heavy atom. The predicted octanol–water partition coefficient (Wildman–Crippen LogP) is 2.78. The quantitative estimate of drug-likeness (QED) is 0.697. The van der Waals surface area contributed by atoms with Gasteiger partial charge in [0, 0.05) is 10.6 Å². The Hall–Kier alpha value is -0.510. The van der Waals surface area contributed by atoms with Gasteiger partial charge in [-0.2, -0.15) is 0 Å². The van der Waals surface area contributed by atoms with Crippen molar-refractivity contribution in [3.63, 3.8) is 0 Å². The first kappa shape index (κ1) is 3.76. The summed E-state index contributed by atoms with van der Waals surface area (Å²) in [7, 11) is 0. The second kappa shape index (κ2) is 3.05. The molecule has 4 heteroatoms. The highest BCUT2D eigenvalue weighted by molar-refractivity contribution is 9.10. The van der Waals surface area contributed by atoms with Gasteiger partial charge in [0.2, 0.25) is 0 Å². The molecule has 0 aliphatic heterocycles. The fraction of sp³-hybridized carbons (Fsp3) is 0.167. The predicted molar refractivity (Wildman–Crippen MR) is 36.9 cm³/mol. The maximum Gasteiger partial charge on any atom is 0.281 e. The van der Waals surface area contributed by atoms with Crippen molar-refractivity contribution < 1.29 is 14.3 Å². The van der Waals surface area contributed by atoms with E-state index in [0.29, 0.717) is 0 Å². The van der Waals surface area contributed by atoms with E-state index in [1.54, 1.807) is 0 Å². The normalized spacial score (nSPS) is 17.1. The molecule has 1 aromatic rings. The second-order valence-electron chi connectivity index (χ2n) is 1.40. The van der Waals surface area contributed by atoms with Crippen LogP contribution in [0.3, 0.4) is 0 Å². The van der Waals surface area contributed by atoms with Crippen LogP contribution in [0.25, 0.3) is 0 Å². The Kier molecular flexibility index (Phi) is 1.15. The molecule has 0 bridgehead atoms. The minimum Gasteiger partial charge on any atom is -0.254 e. The maximum absolute atomic E-state index is 12.6. The number of pyridine rings is 1. The van der Waals surface area contributed by atoms with Crippen LogP contribution >= 0.6 is 15.9 Å². The van der Waals surface area contributed by atoms with Crippen LogP contribution in [0.1, 0.15) is 17.6 Å². The Balaban J connectivity index is 3.49. The van der Waals surface area contributed by atoms with Crippen molar-refractivity contribution in [3.05, 3.63) is 28.4 Å². The zero-order valence-electron chi connectivity index (χ0n) is 8.58. The minimum atomic E-state index is -3.97. The van der Waals surface area contributed by atoms with Crippen LogP contribution in [-0.4, -0.2) is 4.98 Å². The lowest BCUT2D eigenvalue weighted by molar-refractivity contribution is 0.145. The molecule has 0 unspecified atom stereocenters. The lowest BCUT2D eigenvalue weighted by atomic mass is 10.4. The monoisotopic (exact) mass is 211 g/mol. The van der Waals surface area contributed by atoms with E-state index < -0.39 is 34.8 Å². The smallest absolute Gasteiger partial charge is 0.254 e. The third kappa shape index (κ3) is 1.50. The van der Waals surface area contributed by atoms with Gasteiger partial charge < -0.3 is 0 Å². The first-order valence-corrected chi connectivity index (χ1v) is 3.06. The zero-order valence-corrected chi connectivity index (χ0v) is 6.17. The molecule has 0 aliphatic carbocycles. The zero-order chi connectivity index (χ0) is 11.1. The van der Waals surface area contributed by atoms with Gasteiger partial charge in [0.05, 0.1) is 4.11 Å². The molecule has 0 atom stereocenters. The molecule has 0 saturated carbocycles. The third-order valence-corrected chi connectivity index (χ3v) is 1.36. The number of aromatic nitrogens is 1. The first-order valence-electron chi connectivity index (χ1n) is 4.26. The molecule has 0 amide bonds. The summed E-state index contributed by atoms with van der Waals surface area (Å²) in [5.74, 6) is 0. The van der Waals surface area contributed by atoms with Gasteiger partial charge in [-0.05, 0) is 28.0 Å². The summed E-state index contributed by atoms with van der Waals surface area (Å²) in [6, 6.07) is -1.11. The Labute approximate surface area is 70.8 Å². The van der Waals surface area contributed by atoms with Crippen molar-refractivity contribution in [1.82, 2.24) is 4.98 Å². The van der Waals surface area contributed by atoms with E-state index in [4.69, 9.17) is 5.48 Å². The number of alkyl halides is 2. The van der Waals surface area contributed by atoms with Crippen LogP contribution in [0, 0.1) is 0 Å². The Morgan fingerprint density at radius 1 is 1.80 bits per heavy atom. The van der Waals surface area contributed by atoms with E-state index in [9.17, 15) is 8.78 Å². The van der Waals surface area contributed by atoms with E-state index in [0.717, 1.165) is 0 Å². The molecular formula is C6H4BrF2N. The number of hydrogen-bond acceptors (Lipinski definition) is 1. The third-order valence-electron chi connectivity index (χ3n) is 0.783. The molecule has 0 spiro atoms. The summed E-state index contributed by atoms with van der Waals surface area (Å²) in [5.41, 5.74) is -1.01. The molecule has 0 radical (unpaired) electrons. The van der Waals surface area contributed by atoms with Crippen LogP contribution in [0.15, 0.2) is 22.7 Å². The highest BCUT2D eigenvalue weighted by atomic mass is 79.9. The summed E-state index contributed by atoms with van der Waals surface area (Å²) in [6.45, 7) is 0. The summed E-state index contributed by atoms with van der Waals surface area (Å²) in [4.78, 5) is 3.08. The van der Waals surface area contributed by atoms with E-state index in [1.165, 1.54) is 0 Å². The van der Waals surface area contributed by atoms with Gasteiger partial charge in [-0.1, -0.05) is 0 Å². The van der Waals surface area contributed by atoms with Gasteiger partial charge in [-0.3, -0.25) is 4.98 Å². The summed E-state index contributed by atoms with van der Waals surface area (Å²) >= 11 is 2.65. The molecule has 1 nitrogen and oxygen atoms in total. The molecule has 0 N–H and O–H groups in total.